The van der Waals surface area contributed by atoms with Gasteiger partial charge in [-0.05, 0) is 23.8 Å². The molecule has 3 nitrogen and oxygen atoms in total. The van der Waals surface area contributed by atoms with Crippen molar-refractivity contribution in [1.82, 2.24) is 4.90 Å². The third-order valence-electron chi connectivity index (χ3n) is 3.13. The Hall–Kier alpha value is -0.870. The summed E-state index contributed by atoms with van der Waals surface area (Å²) in [6.07, 6.45) is 3.94. The van der Waals surface area contributed by atoms with Crippen LogP contribution in [0.3, 0.4) is 0 Å². The topological polar surface area (TPSA) is 29.5 Å². The third-order valence-corrected chi connectivity index (χ3v) is 3.48. The molecule has 1 aliphatic heterocycles. The number of hydrogen-bond donors (Lipinski definition) is 0. The number of morpholine rings is 1. The molecule has 0 unspecified atom stereocenters. The molecule has 0 N–H and O–H groups in total. The minimum absolute atomic E-state index is 0. The van der Waals surface area contributed by atoms with Crippen molar-refractivity contribution in [2.24, 2.45) is 0 Å². The Balaban J connectivity index is 0.00000200. The van der Waals surface area contributed by atoms with Crippen LogP contribution in [0.15, 0.2) is 30.3 Å². The fourth-order valence-corrected chi connectivity index (χ4v) is 2.17. The Labute approximate surface area is 131 Å². The number of carbonyl (C=O) groups is 1. The van der Waals surface area contributed by atoms with E-state index in [-0.39, 0.29) is 18.2 Å². The summed E-state index contributed by atoms with van der Waals surface area (Å²) in [7, 11) is 0. The van der Waals surface area contributed by atoms with Gasteiger partial charge in [0.15, 0.2) is 5.78 Å². The Morgan fingerprint density at radius 1 is 1.30 bits per heavy atom. The Morgan fingerprint density at radius 3 is 2.70 bits per heavy atom. The van der Waals surface area contributed by atoms with Gasteiger partial charge >= 0.3 is 0 Å². The normalized spacial score (nSPS) is 16.1. The number of hydrogen-bond acceptors (Lipinski definition) is 3. The highest BCUT2D eigenvalue weighted by atomic mass is 35.5. The molecule has 0 saturated carbocycles. The van der Waals surface area contributed by atoms with Gasteiger partial charge in [0.25, 0.3) is 0 Å². The zero-order valence-corrected chi connectivity index (χ0v) is 12.8. The van der Waals surface area contributed by atoms with Crippen LogP contribution >= 0.6 is 24.0 Å². The summed E-state index contributed by atoms with van der Waals surface area (Å²) >= 11 is 6.02. The van der Waals surface area contributed by atoms with Crippen LogP contribution in [0.2, 0.25) is 5.02 Å². The van der Waals surface area contributed by atoms with Crippen molar-refractivity contribution in [1.29, 1.82) is 0 Å². The molecule has 2 rings (SSSR count). The Morgan fingerprint density at radius 2 is 2.00 bits per heavy atom. The zero-order valence-electron chi connectivity index (χ0n) is 11.3. The van der Waals surface area contributed by atoms with Gasteiger partial charge < -0.3 is 4.74 Å². The fraction of sp³-hybridized carbons (Fsp3) is 0.400. The molecule has 0 spiro atoms. The van der Waals surface area contributed by atoms with E-state index >= 15 is 0 Å². The summed E-state index contributed by atoms with van der Waals surface area (Å²) in [5.41, 5.74) is 0.879. The van der Waals surface area contributed by atoms with E-state index in [1.807, 2.05) is 24.3 Å². The summed E-state index contributed by atoms with van der Waals surface area (Å²) in [5.74, 6) is 0.131. The number of benzene rings is 1. The first-order chi connectivity index (χ1) is 9.25. The minimum Gasteiger partial charge on any atom is -0.379 e. The molecule has 1 aromatic carbocycles. The summed E-state index contributed by atoms with van der Waals surface area (Å²) < 4.78 is 5.27. The molecular formula is C15H19Cl2NO2. The van der Waals surface area contributed by atoms with Crippen LogP contribution in [0.4, 0.5) is 0 Å². The highest BCUT2D eigenvalue weighted by Crippen LogP contribution is 2.16. The first-order valence-corrected chi connectivity index (χ1v) is 6.89. The first kappa shape index (κ1) is 17.2. The zero-order chi connectivity index (χ0) is 13.5. The molecule has 1 aromatic rings. The van der Waals surface area contributed by atoms with Gasteiger partial charge in [-0.25, -0.2) is 0 Å². The van der Waals surface area contributed by atoms with E-state index in [1.54, 1.807) is 12.2 Å². The van der Waals surface area contributed by atoms with Gasteiger partial charge in [-0.1, -0.05) is 29.8 Å². The number of ether oxygens (including phenoxy) is 1. The molecule has 0 radical (unpaired) electrons. The van der Waals surface area contributed by atoms with Crippen LogP contribution in [0.1, 0.15) is 12.0 Å². The average Bonchev–Trinajstić information content (AvgIpc) is 2.45. The number of halogens is 2. The molecule has 0 amide bonds. The van der Waals surface area contributed by atoms with Gasteiger partial charge in [-0.3, -0.25) is 9.69 Å². The molecule has 0 bridgehead atoms. The molecule has 1 aliphatic rings. The van der Waals surface area contributed by atoms with Gasteiger partial charge in [-0.2, -0.15) is 0 Å². The van der Waals surface area contributed by atoms with Gasteiger partial charge in [0.1, 0.15) is 0 Å². The predicted octanol–water partition coefficient (Wildman–Crippen LogP) is 3.07. The molecule has 5 heteroatoms. The van der Waals surface area contributed by atoms with Crippen LogP contribution in [0, 0.1) is 0 Å². The smallest absolute Gasteiger partial charge is 0.156 e. The number of ketones is 1. The molecule has 0 atom stereocenters. The van der Waals surface area contributed by atoms with Crippen molar-refractivity contribution in [3.63, 3.8) is 0 Å². The van der Waals surface area contributed by atoms with Crippen molar-refractivity contribution >= 4 is 35.9 Å². The third kappa shape index (κ3) is 5.63. The second kappa shape index (κ2) is 9.14. The van der Waals surface area contributed by atoms with E-state index in [1.165, 1.54) is 0 Å². The quantitative estimate of drug-likeness (QED) is 0.782. The SMILES string of the molecule is Cl.O=C(C=Cc1ccccc1Cl)CCN1CCOCC1. The lowest BCUT2D eigenvalue weighted by molar-refractivity contribution is -0.115. The molecule has 20 heavy (non-hydrogen) atoms. The summed E-state index contributed by atoms with van der Waals surface area (Å²) in [5, 5.41) is 0.666. The monoisotopic (exact) mass is 315 g/mol. The van der Waals surface area contributed by atoms with E-state index in [0.717, 1.165) is 38.4 Å². The highest BCUT2D eigenvalue weighted by Gasteiger charge is 2.10. The molecule has 1 heterocycles. The van der Waals surface area contributed by atoms with Gasteiger partial charge in [0.05, 0.1) is 13.2 Å². The maximum absolute atomic E-state index is 11.8. The standard InChI is InChI=1S/C15H18ClNO2.ClH/c16-15-4-2-1-3-13(15)5-6-14(18)7-8-17-9-11-19-12-10-17;/h1-6H,7-12H2;1H. The Kier molecular flexibility index (Phi) is 7.85. The van der Waals surface area contributed by atoms with Crippen molar-refractivity contribution in [3.8, 4) is 0 Å². The predicted molar refractivity (Wildman–Crippen MR) is 84.6 cm³/mol. The fourth-order valence-electron chi connectivity index (χ4n) is 1.97. The molecule has 1 saturated heterocycles. The summed E-state index contributed by atoms with van der Waals surface area (Å²) in [6.45, 7) is 4.17. The molecule has 1 fully saturated rings. The van der Waals surface area contributed by atoms with Crippen molar-refractivity contribution in [2.75, 3.05) is 32.8 Å². The van der Waals surface area contributed by atoms with E-state index in [9.17, 15) is 4.79 Å². The van der Waals surface area contributed by atoms with Crippen LogP contribution in [0.25, 0.3) is 6.08 Å². The van der Waals surface area contributed by atoms with Gasteiger partial charge in [0.2, 0.25) is 0 Å². The molecular weight excluding hydrogens is 297 g/mol. The first-order valence-electron chi connectivity index (χ1n) is 6.51. The van der Waals surface area contributed by atoms with Gasteiger partial charge in [-0.15, -0.1) is 12.4 Å². The number of carbonyl (C=O) groups excluding carboxylic acids is 1. The van der Waals surface area contributed by atoms with E-state index < -0.39 is 0 Å². The largest absolute Gasteiger partial charge is 0.379 e. The van der Waals surface area contributed by atoms with Crippen LogP contribution in [-0.4, -0.2) is 43.5 Å². The second-order valence-electron chi connectivity index (χ2n) is 4.53. The van der Waals surface area contributed by atoms with Gasteiger partial charge in [0, 0.05) is 31.1 Å². The maximum atomic E-state index is 11.8. The lowest BCUT2D eigenvalue weighted by Gasteiger charge is -2.25. The Bertz CT molecular complexity index is 457. The van der Waals surface area contributed by atoms with E-state index in [2.05, 4.69) is 4.90 Å². The lowest BCUT2D eigenvalue weighted by atomic mass is 10.1. The average molecular weight is 316 g/mol. The number of rotatable bonds is 5. The van der Waals surface area contributed by atoms with Crippen LogP contribution < -0.4 is 0 Å². The van der Waals surface area contributed by atoms with Crippen molar-refractivity contribution in [2.45, 2.75) is 6.42 Å². The number of allylic oxidation sites excluding steroid dienone is 1. The maximum Gasteiger partial charge on any atom is 0.156 e. The molecule has 0 aliphatic carbocycles. The van der Waals surface area contributed by atoms with Crippen molar-refractivity contribution < 1.29 is 9.53 Å². The van der Waals surface area contributed by atoms with Crippen LogP contribution in [-0.2, 0) is 9.53 Å². The number of nitrogens with zero attached hydrogens (tertiary/aromatic N) is 1. The molecule has 110 valence electrons. The summed E-state index contributed by atoms with van der Waals surface area (Å²) in [6, 6.07) is 7.50. The lowest BCUT2D eigenvalue weighted by Crippen LogP contribution is -2.37. The van der Waals surface area contributed by atoms with Crippen LogP contribution in [0.5, 0.6) is 0 Å². The van der Waals surface area contributed by atoms with Crippen molar-refractivity contribution in [3.05, 3.63) is 40.9 Å². The van der Waals surface area contributed by atoms with E-state index in [0.29, 0.717) is 11.4 Å². The minimum atomic E-state index is 0. The second-order valence-corrected chi connectivity index (χ2v) is 4.93. The van der Waals surface area contributed by atoms with E-state index in [4.69, 9.17) is 16.3 Å². The summed E-state index contributed by atoms with van der Waals surface area (Å²) in [4.78, 5) is 14.0. The molecule has 0 aromatic heterocycles. The highest BCUT2D eigenvalue weighted by molar-refractivity contribution is 6.32.